The van der Waals surface area contributed by atoms with Crippen LogP contribution in [-0.2, 0) is 27.4 Å². The maximum absolute atomic E-state index is 12.5. The average Bonchev–Trinajstić information content (AvgIpc) is 3.91. The van der Waals surface area contributed by atoms with Gasteiger partial charge in [0.15, 0.2) is 45.6 Å². The zero-order chi connectivity index (χ0) is 49.9. The molecule has 4 aliphatic rings. The van der Waals surface area contributed by atoms with Gasteiger partial charge < -0.3 is 55.9 Å². The van der Waals surface area contributed by atoms with E-state index in [2.05, 4.69) is 88.6 Å². The maximum Gasteiger partial charge on any atom is 0.251 e. The number of ether oxygens (including phenoxy) is 2. The van der Waals surface area contributed by atoms with Gasteiger partial charge in [0, 0.05) is 115 Å². The number of morpholine rings is 2. The monoisotopic (exact) mass is 977 g/mol. The third-order valence-electron chi connectivity index (χ3n) is 12.9. The molecule has 4 saturated heterocycles. The van der Waals surface area contributed by atoms with Gasteiger partial charge in [0.25, 0.3) is 5.91 Å². The molecule has 3 atom stereocenters. The quantitative estimate of drug-likeness (QED) is 0.144. The summed E-state index contributed by atoms with van der Waals surface area (Å²) in [5, 5.41) is 13.4. The lowest BCUT2D eigenvalue weighted by atomic mass is 10.1. The summed E-state index contributed by atoms with van der Waals surface area (Å²) < 4.78 is 15.6. The maximum atomic E-state index is 12.5. The second-order valence-electron chi connectivity index (χ2n) is 19.6. The van der Waals surface area contributed by atoms with E-state index in [0.717, 1.165) is 90.7 Å². The Morgan fingerprint density at radius 3 is 1.49 bits per heavy atom. The molecular formula is C47H68N20O4. The summed E-state index contributed by atoms with van der Waals surface area (Å²) in [4.78, 5) is 70.0. The number of rotatable bonds is 11. The van der Waals surface area contributed by atoms with E-state index in [0.29, 0.717) is 101 Å². The summed E-state index contributed by atoms with van der Waals surface area (Å²) in [6, 6.07) is 0.323. The number of imidazole rings is 2. The highest BCUT2D eigenvalue weighted by molar-refractivity contribution is 5.89. The van der Waals surface area contributed by atoms with Crippen molar-refractivity contribution in [2.24, 2.45) is 11.8 Å². The number of fused-ring (bicyclic) bond motifs is 2. The molecule has 0 aliphatic carbocycles. The first-order chi connectivity index (χ1) is 34.2. The number of aliphatic hydroxyl groups excluding tert-OH is 1. The Morgan fingerprint density at radius 1 is 0.634 bits per heavy atom. The van der Waals surface area contributed by atoms with E-state index in [-0.39, 0.29) is 23.8 Å². The van der Waals surface area contributed by atoms with Crippen LogP contribution in [0.15, 0.2) is 24.8 Å². The second kappa shape index (κ2) is 21.4. The zero-order valence-electron chi connectivity index (χ0n) is 41.9. The number of amides is 1. The minimum absolute atomic E-state index is 0.0783. The lowest BCUT2D eigenvalue weighted by Gasteiger charge is -2.40. The Bertz CT molecular complexity index is 2770. The highest BCUT2D eigenvalue weighted by Crippen LogP contribution is 2.34. The number of carbonyl (C=O) groups excluding carboxylic acids is 1. The van der Waals surface area contributed by atoms with Crippen LogP contribution in [0.3, 0.4) is 0 Å². The number of aliphatic hydroxyl groups is 1. The van der Waals surface area contributed by atoms with Gasteiger partial charge in [0.2, 0.25) is 23.8 Å². The predicted octanol–water partition coefficient (Wildman–Crippen LogP) is 1.93. The smallest absolute Gasteiger partial charge is 0.251 e. The van der Waals surface area contributed by atoms with Crippen LogP contribution in [0.2, 0.25) is 0 Å². The van der Waals surface area contributed by atoms with Crippen molar-refractivity contribution < 1.29 is 19.4 Å². The van der Waals surface area contributed by atoms with Crippen molar-refractivity contribution in [3.05, 3.63) is 24.8 Å². The van der Waals surface area contributed by atoms with E-state index >= 15 is 0 Å². The fourth-order valence-electron chi connectivity index (χ4n) is 9.48. The lowest BCUT2D eigenvalue weighted by molar-refractivity contribution is -0.141. The van der Waals surface area contributed by atoms with Gasteiger partial charge in [-0.1, -0.05) is 27.7 Å². The Kier molecular flexibility index (Phi) is 14.9. The van der Waals surface area contributed by atoms with E-state index in [1.807, 2.05) is 6.92 Å². The SMILES string of the molecule is CC(C)Cn1c(N2CCN(C(=O)[C@H](C)O)[C@@H](C)C2)nc2c(N3CCOCC3)nc(-c3cnc(N)nc3)nc21.CC(C)Cn1c(N2CCN[C@@H](C)C2)nc2c(N3CCOCC3)nc(-c3cnc(N)nc3)nc21. The molecule has 380 valence electrons. The zero-order valence-corrected chi connectivity index (χ0v) is 41.9. The second-order valence-corrected chi connectivity index (χ2v) is 19.6. The number of hydrogen-bond donors (Lipinski definition) is 4. The van der Waals surface area contributed by atoms with E-state index in [9.17, 15) is 9.90 Å². The molecule has 0 aromatic carbocycles. The Hall–Kier alpha value is -6.63. The van der Waals surface area contributed by atoms with Crippen LogP contribution < -0.4 is 36.4 Å². The first kappa shape index (κ1) is 49.4. The van der Waals surface area contributed by atoms with Gasteiger partial charge in [-0.15, -0.1) is 0 Å². The van der Waals surface area contributed by atoms with Crippen molar-refractivity contribution >= 4 is 63.7 Å². The molecule has 4 fully saturated rings. The number of nitrogen functional groups attached to an aromatic ring is 2. The van der Waals surface area contributed by atoms with Crippen LogP contribution in [0, 0.1) is 11.8 Å². The van der Waals surface area contributed by atoms with Gasteiger partial charge in [-0.25, -0.2) is 49.8 Å². The van der Waals surface area contributed by atoms with Crippen molar-refractivity contribution in [3.63, 3.8) is 0 Å². The normalized spacial score (nSPS) is 19.5. The first-order valence-electron chi connectivity index (χ1n) is 24.8. The van der Waals surface area contributed by atoms with Crippen LogP contribution in [0.25, 0.3) is 45.1 Å². The molecule has 1 amide bonds. The molecule has 6 aromatic heterocycles. The van der Waals surface area contributed by atoms with Crippen LogP contribution in [-0.4, -0.2) is 185 Å². The third-order valence-corrected chi connectivity index (χ3v) is 12.9. The molecule has 0 bridgehead atoms. The topological polar surface area (TPSA) is 275 Å². The molecule has 24 nitrogen and oxygen atoms in total. The molecule has 0 radical (unpaired) electrons. The number of aromatic nitrogens is 12. The Balaban J connectivity index is 0.000000177. The van der Waals surface area contributed by atoms with Crippen molar-refractivity contribution in [2.45, 2.75) is 79.7 Å². The van der Waals surface area contributed by atoms with Gasteiger partial charge in [-0.05, 0) is 32.6 Å². The van der Waals surface area contributed by atoms with Gasteiger partial charge >= 0.3 is 0 Å². The number of nitrogens with zero attached hydrogens (tertiary/aromatic N) is 17. The average molecular weight is 977 g/mol. The van der Waals surface area contributed by atoms with Crippen LogP contribution in [0.4, 0.5) is 35.4 Å². The summed E-state index contributed by atoms with van der Waals surface area (Å²) in [7, 11) is 0. The summed E-state index contributed by atoms with van der Waals surface area (Å²) >= 11 is 0. The summed E-state index contributed by atoms with van der Waals surface area (Å²) in [5.41, 5.74) is 16.0. The van der Waals surface area contributed by atoms with E-state index in [4.69, 9.17) is 50.8 Å². The van der Waals surface area contributed by atoms with Gasteiger partial charge in [0.1, 0.15) is 6.10 Å². The number of anilines is 6. The summed E-state index contributed by atoms with van der Waals surface area (Å²) in [5.74, 6) is 5.39. The third kappa shape index (κ3) is 10.8. The number of nitrogens with two attached hydrogens (primary N) is 2. The summed E-state index contributed by atoms with van der Waals surface area (Å²) in [6.45, 7) is 26.0. The summed E-state index contributed by atoms with van der Waals surface area (Å²) in [6.07, 6.45) is 5.60. The lowest BCUT2D eigenvalue weighted by Crippen LogP contribution is -2.56. The fourth-order valence-corrected chi connectivity index (χ4v) is 9.48. The molecule has 10 rings (SSSR count). The van der Waals surface area contributed by atoms with E-state index < -0.39 is 6.10 Å². The molecule has 4 aliphatic heterocycles. The standard InChI is InChI=1S/C25H36N10O3.C22H32N10O/c1-15(2)13-35-22-19(29-25(35)33-5-6-34(16(3)14-33)23(37)17(4)36)21(32-7-9-38-10-8-32)30-20(31-22)18-11-27-24(26)28-12-18;1-14(2)12-32-20-17(27-22(32)31-5-4-24-15(3)13-31)19(30-6-8-33-9-7-30)28-18(29-20)16-10-25-21(23)26-11-16/h11-12,15-17,36H,5-10,13-14H2,1-4H3,(H2,26,27,28);10-11,14-15,24H,4-9,12-13H2,1-3H3,(H2,23,25,26)/t16-,17-;15-/m00/s1. The van der Waals surface area contributed by atoms with E-state index in [1.165, 1.54) is 6.92 Å². The molecule has 0 saturated carbocycles. The number of carbonyl (C=O) groups is 1. The van der Waals surface area contributed by atoms with Crippen molar-refractivity contribution in [2.75, 3.05) is 123 Å². The van der Waals surface area contributed by atoms with E-state index in [1.54, 1.807) is 29.7 Å². The highest BCUT2D eigenvalue weighted by Gasteiger charge is 2.34. The number of hydrogen-bond acceptors (Lipinski definition) is 21. The molecule has 0 unspecified atom stereocenters. The highest BCUT2D eigenvalue weighted by atomic mass is 16.5. The van der Waals surface area contributed by atoms with Gasteiger partial charge in [0.05, 0.1) is 37.6 Å². The number of piperazine rings is 2. The van der Waals surface area contributed by atoms with Crippen LogP contribution in [0.5, 0.6) is 0 Å². The Morgan fingerprint density at radius 2 is 1.08 bits per heavy atom. The minimum Gasteiger partial charge on any atom is -0.384 e. The van der Waals surface area contributed by atoms with Crippen LogP contribution in [0.1, 0.15) is 48.5 Å². The van der Waals surface area contributed by atoms with Crippen LogP contribution >= 0.6 is 0 Å². The molecule has 0 spiro atoms. The molecule has 6 N–H and O–H groups in total. The largest absolute Gasteiger partial charge is 0.384 e. The number of nitrogens with one attached hydrogen (secondary N) is 1. The predicted molar refractivity (Wildman–Crippen MR) is 272 cm³/mol. The Labute approximate surface area is 413 Å². The van der Waals surface area contributed by atoms with Gasteiger partial charge in [-0.3, -0.25) is 13.9 Å². The molecule has 6 aromatic rings. The molecular weight excluding hydrogens is 909 g/mol. The van der Waals surface area contributed by atoms with Crippen molar-refractivity contribution in [3.8, 4) is 22.8 Å². The fraction of sp³-hybridized carbons (Fsp3) is 0.596. The van der Waals surface area contributed by atoms with Crippen molar-refractivity contribution in [1.29, 1.82) is 0 Å². The minimum atomic E-state index is -1.02. The molecule has 71 heavy (non-hydrogen) atoms. The van der Waals surface area contributed by atoms with Gasteiger partial charge in [-0.2, -0.15) is 0 Å². The molecule has 24 heteroatoms. The first-order valence-corrected chi connectivity index (χ1v) is 24.8. The molecule has 10 heterocycles. The van der Waals surface area contributed by atoms with Crippen molar-refractivity contribution in [1.82, 2.24) is 69.2 Å².